The number of methoxy groups -OCH3 is 1. The molecule has 1 aliphatic carbocycles. The summed E-state index contributed by atoms with van der Waals surface area (Å²) in [5.41, 5.74) is 6.75. The van der Waals surface area contributed by atoms with Crippen molar-refractivity contribution in [1.29, 1.82) is 0 Å². The van der Waals surface area contributed by atoms with Crippen LogP contribution < -0.4 is 10.5 Å². The van der Waals surface area contributed by atoms with E-state index in [1.807, 2.05) is 0 Å². The van der Waals surface area contributed by atoms with Gasteiger partial charge in [0.2, 0.25) is 0 Å². The van der Waals surface area contributed by atoms with Crippen LogP contribution in [0.15, 0.2) is 18.2 Å². The monoisotopic (exact) mass is 278 g/mol. The van der Waals surface area contributed by atoms with E-state index in [1.54, 1.807) is 37.3 Å². The van der Waals surface area contributed by atoms with Crippen molar-refractivity contribution in [2.75, 3.05) is 19.9 Å². The van der Waals surface area contributed by atoms with Gasteiger partial charge in [-0.05, 0) is 25.0 Å². The Kier molecular flexibility index (Phi) is 4.49. The van der Waals surface area contributed by atoms with Gasteiger partial charge in [0.05, 0.1) is 24.8 Å². The maximum atomic E-state index is 12.5. The molecule has 1 aromatic rings. The first-order valence-corrected chi connectivity index (χ1v) is 6.93. The fraction of sp³-hybridized carbons (Fsp3) is 0.533. The molecule has 0 heterocycles. The molecule has 0 aliphatic heterocycles. The van der Waals surface area contributed by atoms with Crippen molar-refractivity contribution >= 4 is 11.6 Å². The smallest absolute Gasteiger partial charge is 0.256 e. The lowest BCUT2D eigenvalue weighted by Crippen LogP contribution is -2.46. The maximum absolute atomic E-state index is 12.5. The largest absolute Gasteiger partial charge is 0.497 e. The second-order valence-corrected chi connectivity index (χ2v) is 5.29. The zero-order valence-electron chi connectivity index (χ0n) is 12.0. The third-order valence-corrected chi connectivity index (χ3v) is 4.00. The fourth-order valence-corrected chi connectivity index (χ4v) is 2.75. The van der Waals surface area contributed by atoms with Crippen LogP contribution in [0.4, 0.5) is 5.69 Å². The molecule has 110 valence electrons. The van der Waals surface area contributed by atoms with Crippen molar-refractivity contribution in [3.8, 4) is 5.75 Å². The van der Waals surface area contributed by atoms with Crippen molar-refractivity contribution in [3.05, 3.63) is 23.8 Å². The number of nitrogens with zero attached hydrogens (tertiary/aromatic N) is 1. The molecule has 0 saturated heterocycles. The number of carbonyl (C=O) groups excluding carboxylic acids is 1. The molecule has 3 N–H and O–H groups in total. The third-order valence-electron chi connectivity index (χ3n) is 4.00. The van der Waals surface area contributed by atoms with E-state index in [0.29, 0.717) is 17.0 Å². The molecule has 2 atom stereocenters. The number of nitrogens with two attached hydrogens (primary N) is 1. The lowest BCUT2D eigenvalue weighted by Gasteiger charge is -2.35. The predicted molar refractivity (Wildman–Crippen MR) is 77.8 cm³/mol. The number of hydrogen-bond acceptors (Lipinski definition) is 4. The molecule has 1 aliphatic rings. The normalized spacial score (nSPS) is 22.4. The van der Waals surface area contributed by atoms with Gasteiger partial charge in [0.25, 0.3) is 5.91 Å². The Balaban J connectivity index is 2.17. The van der Waals surface area contributed by atoms with Gasteiger partial charge in [0.1, 0.15) is 5.75 Å². The molecule has 5 nitrogen and oxygen atoms in total. The summed E-state index contributed by atoms with van der Waals surface area (Å²) in [6, 6.07) is 4.90. The van der Waals surface area contributed by atoms with Crippen molar-refractivity contribution in [1.82, 2.24) is 4.90 Å². The van der Waals surface area contributed by atoms with Crippen molar-refractivity contribution < 1.29 is 14.6 Å². The SMILES string of the molecule is COc1ccc(C(=O)N(C)C2CCCCC2O)c(N)c1. The Labute approximate surface area is 119 Å². The van der Waals surface area contributed by atoms with E-state index < -0.39 is 6.10 Å². The summed E-state index contributed by atoms with van der Waals surface area (Å²) in [6.45, 7) is 0. The fourth-order valence-electron chi connectivity index (χ4n) is 2.75. The van der Waals surface area contributed by atoms with E-state index >= 15 is 0 Å². The minimum Gasteiger partial charge on any atom is -0.497 e. The minimum absolute atomic E-state index is 0.127. The van der Waals surface area contributed by atoms with Gasteiger partial charge >= 0.3 is 0 Å². The molecule has 1 amide bonds. The van der Waals surface area contributed by atoms with Gasteiger partial charge in [-0.3, -0.25) is 4.79 Å². The number of aliphatic hydroxyl groups excluding tert-OH is 1. The van der Waals surface area contributed by atoms with Crippen LogP contribution in [0, 0.1) is 0 Å². The molecule has 0 bridgehead atoms. The van der Waals surface area contributed by atoms with Crippen LogP contribution in [0.1, 0.15) is 36.0 Å². The molecular weight excluding hydrogens is 256 g/mol. The molecule has 2 unspecified atom stereocenters. The second kappa shape index (κ2) is 6.13. The van der Waals surface area contributed by atoms with Crippen LogP contribution in [0.25, 0.3) is 0 Å². The number of carbonyl (C=O) groups is 1. The van der Waals surface area contributed by atoms with Crippen molar-refractivity contribution in [2.24, 2.45) is 0 Å². The van der Waals surface area contributed by atoms with E-state index in [0.717, 1.165) is 25.7 Å². The highest BCUT2D eigenvalue weighted by Gasteiger charge is 2.30. The number of anilines is 1. The molecule has 0 aromatic heterocycles. The highest BCUT2D eigenvalue weighted by atomic mass is 16.5. The number of rotatable bonds is 3. The molecule has 1 saturated carbocycles. The van der Waals surface area contributed by atoms with E-state index in [2.05, 4.69) is 0 Å². The molecule has 20 heavy (non-hydrogen) atoms. The average Bonchev–Trinajstić information content (AvgIpc) is 2.46. The Morgan fingerprint density at radius 3 is 2.70 bits per heavy atom. The van der Waals surface area contributed by atoms with Gasteiger partial charge in [-0.25, -0.2) is 0 Å². The lowest BCUT2D eigenvalue weighted by atomic mass is 9.91. The zero-order valence-corrected chi connectivity index (χ0v) is 12.0. The summed E-state index contributed by atoms with van der Waals surface area (Å²) in [5.74, 6) is 0.468. The van der Waals surface area contributed by atoms with Crippen molar-refractivity contribution in [3.63, 3.8) is 0 Å². The van der Waals surface area contributed by atoms with Gasteiger partial charge < -0.3 is 20.5 Å². The number of aliphatic hydroxyl groups is 1. The number of ether oxygens (including phenoxy) is 1. The Bertz CT molecular complexity index is 490. The van der Waals surface area contributed by atoms with E-state index in [9.17, 15) is 9.90 Å². The molecule has 5 heteroatoms. The van der Waals surface area contributed by atoms with E-state index in [-0.39, 0.29) is 11.9 Å². The summed E-state index contributed by atoms with van der Waals surface area (Å²) in [7, 11) is 3.28. The zero-order chi connectivity index (χ0) is 14.7. The first kappa shape index (κ1) is 14.7. The highest BCUT2D eigenvalue weighted by Crippen LogP contribution is 2.26. The second-order valence-electron chi connectivity index (χ2n) is 5.29. The van der Waals surface area contributed by atoms with Crippen LogP contribution >= 0.6 is 0 Å². The molecule has 1 aromatic carbocycles. The Morgan fingerprint density at radius 1 is 1.40 bits per heavy atom. The van der Waals surface area contributed by atoms with E-state index in [1.165, 1.54) is 0 Å². The number of amides is 1. The number of nitrogen functional groups attached to an aromatic ring is 1. The molecule has 1 fully saturated rings. The number of likely N-dealkylation sites (N-methyl/N-ethyl adjacent to an activating group) is 1. The van der Waals surface area contributed by atoms with Gasteiger partial charge in [0, 0.05) is 18.8 Å². The maximum Gasteiger partial charge on any atom is 0.256 e. The standard InChI is InChI=1S/C15H22N2O3/c1-17(13-5-3-4-6-14(13)18)15(19)11-8-7-10(20-2)9-12(11)16/h7-9,13-14,18H,3-6,16H2,1-2H3. The highest BCUT2D eigenvalue weighted by molar-refractivity contribution is 5.99. The van der Waals surface area contributed by atoms with Crippen LogP contribution in [0.5, 0.6) is 5.75 Å². The summed E-state index contributed by atoms with van der Waals surface area (Å²) >= 11 is 0. The van der Waals surface area contributed by atoms with Crippen LogP contribution in [0.2, 0.25) is 0 Å². The van der Waals surface area contributed by atoms with Crippen molar-refractivity contribution in [2.45, 2.75) is 37.8 Å². The Hall–Kier alpha value is -1.75. The topological polar surface area (TPSA) is 75.8 Å². The summed E-state index contributed by atoms with van der Waals surface area (Å²) in [5, 5.41) is 10.0. The quantitative estimate of drug-likeness (QED) is 0.824. The van der Waals surface area contributed by atoms with Crippen LogP contribution in [-0.2, 0) is 0 Å². The van der Waals surface area contributed by atoms with Gasteiger partial charge in [0.15, 0.2) is 0 Å². The molecule has 0 radical (unpaired) electrons. The number of hydrogen-bond donors (Lipinski definition) is 2. The third kappa shape index (κ3) is 2.88. The number of benzene rings is 1. The molecular formula is C15H22N2O3. The van der Waals surface area contributed by atoms with Gasteiger partial charge in [-0.2, -0.15) is 0 Å². The summed E-state index contributed by atoms with van der Waals surface area (Å²) < 4.78 is 5.08. The lowest BCUT2D eigenvalue weighted by molar-refractivity contribution is 0.0268. The van der Waals surface area contributed by atoms with Crippen LogP contribution in [0.3, 0.4) is 0 Å². The van der Waals surface area contributed by atoms with Crippen LogP contribution in [-0.4, -0.2) is 42.2 Å². The Morgan fingerprint density at radius 2 is 2.10 bits per heavy atom. The summed E-state index contributed by atoms with van der Waals surface area (Å²) in [4.78, 5) is 14.1. The predicted octanol–water partition coefficient (Wildman–Crippen LogP) is 1.65. The van der Waals surface area contributed by atoms with E-state index in [4.69, 9.17) is 10.5 Å². The summed E-state index contributed by atoms with van der Waals surface area (Å²) in [6.07, 6.45) is 3.19. The minimum atomic E-state index is -0.447. The first-order valence-electron chi connectivity index (χ1n) is 6.93. The first-order chi connectivity index (χ1) is 9.54. The molecule has 0 spiro atoms. The molecule has 2 rings (SSSR count). The average molecular weight is 278 g/mol. The van der Waals surface area contributed by atoms with Gasteiger partial charge in [-0.15, -0.1) is 0 Å². The van der Waals surface area contributed by atoms with Gasteiger partial charge in [-0.1, -0.05) is 12.8 Å².